The van der Waals surface area contributed by atoms with Crippen molar-refractivity contribution in [3.05, 3.63) is 60.7 Å². The molecule has 10 heteroatoms. The van der Waals surface area contributed by atoms with Gasteiger partial charge in [-0.1, -0.05) is 36.4 Å². The molecule has 10 nitrogen and oxygen atoms in total. The number of hydrazine groups is 2. The first-order valence-electron chi connectivity index (χ1n) is 10.4. The molecular formula is C24H26N4O6. The van der Waals surface area contributed by atoms with Crippen LogP contribution in [0, 0.1) is 0 Å². The summed E-state index contributed by atoms with van der Waals surface area (Å²) in [5.74, 6) is -4.12. The van der Waals surface area contributed by atoms with Crippen LogP contribution in [0.15, 0.2) is 60.7 Å². The van der Waals surface area contributed by atoms with E-state index in [1.807, 2.05) is 0 Å². The second kappa shape index (κ2) is 11.5. The van der Waals surface area contributed by atoms with Gasteiger partial charge in [0.2, 0.25) is 35.4 Å². The summed E-state index contributed by atoms with van der Waals surface area (Å²) in [7, 11) is 0. The first-order chi connectivity index (χ1) is 16.1. The van der Waals surface area contributed by atoms with Crippen molar-refractivity contribution >= 4 is 46.8 Å². The third kappa shape index (κ3) is 6.12. The van der Waals surface area contributed by atoms with Crippen molar-refractivity contribution in [2.45, 2.75) is 40.5 Å². The molecule has 0 aliphatic carbocycles. The van der Waals surface area contributed by atoms with Crippen LogP contribution in [0.4, 0.5) is 11.4 Å². The van der Waals surface area contributed by atoms with E-state index in [0.717, 1.165) is 37.7 Å². The fourth-order valence-corrected chi connectivity index (χ4v) is 3.31. The van der Waals surface area contributed by atoms with Crippen molar-refractivity contribution in [3.63, 3.8) is 0 Å². The topological polar surface area (TPSA) is 115 Å². The van der Waals surface area contributed by atoms with E-state index in [0.29, 0.717) is 10.0 Å². The molecule has 6 amide bonds. The molecule has 0 aliphatic heterocycles. The second-order valence-corrected chi connectivity index (χ2v) is 7.28. The van der Waals surface area contributed by atoms with Crippen LogP contribution in [0.25, 0.3) is 0 Å². The largest absolute Gasteiger partial charge is 0.273 e. The highest BCUT2D eigenvalue weighted by atomic mass is 16.2. The molecule has 2 aromatic rings. The van der Waals surface area contributed by atoms with E-state index in [2.05, 4.69) is 0 Å². The SMILES string of the molecule is CC(=O)N(C(C)=O)N(C(=O)CCC(=O)N(c1ccccc1)N(C(C)=O)C(C)=O)c1ccccc1. The Morgan fingerprint density at radius 2 is 0.765 bits per heavy atom. The van der Waals surface area contributed by atoms with E-state index < -0.39 is 48.3 Å². The van der Waals surface area contributed by atoms with E-state index in [1.165, 1.54) is 0 Å². The summed E-state index contributed by atoms with van der Waals surface area (Å²) in [5.41, 5.74) is 0.527. The first-order valence-corrected chi connectivity index (χ1v) is 10.4. The van der Waals surface area contributed by atoms with Crippen LogP contribution in [0.3, 0.4) is 0 Å². The van der Waals surface area contributed by atoms with Gasteiger partial charge in [-0.15, -0.1) is 0 Å². The zero-order chi connectivity index (χ0) is 25.4. The summed E-state index contributed by atoms with van der Waals surface area (Å²) in [6.45, 7) is 4.57. The van der Waals surface area contributed by atoms with Crippen LogP contribution in [0.1, 0.15) is 40.5 Å². The molecule has 0 spiro atoms. The van der Waals surface area contributed by atoms with Gasteiger partial charge in [0.05, 0.1) is 11.4 Å². The molecule has 0 aliphatic rings. The van der Waals surface area contributed by atoms with Gasteiger partial charge >= 0.3 is 0 Å². The highest BCUT2D eigenvalue weighted by molar-refractivity contribution is 6.07. The van der Waals surface area contributed by atoms with Crippen LogP contribution >= 0.6 is 0 Å². The highest BCUT2D eigenvalue weighted by Gasteiger charge is 2.32. The highest BCUT2D eigenvalue weighted by Crippen LogP contribution is 2.21. The Hall–Kier alpha value is -4.34. The maximum Gasteiger partial charge on any atom is 0.246 e. The number of hydrogen-bond donors (Lipinski definition) is 0. The number of hydrogen-bond acceptors (Lipinski definition) is 6. The summed E-state index contributed by atoms with van der Waals surface area (Å²) in [6.07, 6.45) is -0.810. The van der Waals surface area contributed by atoms with Crippen molar-refractivity contribution in [2.24, 2.45) is 0 Å². The molecule has 2 rings (SSSR count). The van der Waals surface area contributed by atoms with Gasteiger partial charge in [-0.3, -0.25) is 28.8 Å². The number of anilines is 2. The molecule has 0 fully saturated rings. The fraction of sp³-hybridized carbons (Fsp3) is 0.250. The Morgan fingerprint density at radius 3 is 1.00 bits per heavy atom. The molecule has 34 heavy (non-hydrogen) atoms. The van der Waals surface area contributed by atoms with E-state index in [1.54, 1.807) is 60.7 Å². The van der Waals surface area contributed by atoms with Gasteiger partial charge in [0.1, 0.15) is 0 Å². The minimum absolute atomic E-state index is 0.263. The van der Waals surface area contributed by atoms with Gasteiger partial charge in [-0.2, -0.15) is 10.0 Å². The second-order valence-electron chi connectivity index (χ2n) is 7.28. The predicted molar refractivity (Wildman–Crippen MR) is 123 cm³/mol. The molecule has 0 atom stereocenters. The zero-order valence-corrected chi connectivity index (χ0v) is 19.4. The van der Waals surface area contributed by atoms with Gasteiger partial charge in [0, 0.05) is 40.5 Å². The maximum absolute atomic E-state index is 13.2. The van der Waals surface area contributed by atoms with E-state index in [-0.39, 0.29) is 11.4 Å². The number of nitrogens with zero attached hydrogens (tertiary/aromatic N) is 4. The number of carbonyl (C=O) groups excluding carboxylic acids is 6. The quantitative estimate of drug-likeness (QED) is 0.625. The normalized spacial score (nSPS) is 10.1. The minimum atomic E-state index is -0.699. The molecule has 0 radical (unpaired) electrons. The standard InChI is InChI=1S/C24H26N4O6/c1-17(29)25(18(2)30)27(21-11-7-5-8-12-21)23(33)15-16-24(34)28(22-13-9-6-10-14-22)26(19(3)31)20(4)32/h5-14H,15-16H2,1-4H3. The summed E-state index contributed by atoms with van der Waals surface area (Å²) in [5, 5.41) is 3.21. The average Bonchev–Trinajstić information content (AvgIpc) is 2.79. The van der Waals surface area contributed by atoms with Crippen LogP contribution in [0.2, 0.25) is 0 Å². The van der Waals surface area contributed by atoms with Crippen molar-refractivity contribution in [3.8, 4) is 0 Å². The van der Waals surface area contributed by atoms with Crippen molar-refractivity contribution in [1.29, 1.82) is 0 Å². The number of benzene rings is 2. The lowest BCUT2D eigenvalue weighted by atomic mass is 10.2. The van der Waals surface area contributed by atoms with Gasteiger partial charge in [-0.05, 0) is 24.3 Å². The molecule has 0 saturated carbocycles. The Morgan fingerprint density at radius 1 is 0.500 bits per heavy atom. The Balaban J connectivity index is 2.36. The van der Waals surface area contributed by atoms with E-state index >= 15 is 0 Å². The first kappa shape index (κ1) is 25.9. The van der Waals surface area contributed by atoms with Gasteiger partial charge < -0.3 is 0 Å². The summed E-state index contributed by atoms with van der Waals surface area (Å²) in [4.78, 5) is 74.8. The predicted octanol–water partition coefficient (Wildman–Crippen LogP) is 2.45. The number of para-hydroxylation sites is 2. The summed E-state index contributed by atoms with van der Waals surface area (Å²) in [6, 6.07) is 16.1. The van der Waals surface area contributed by atoms with Gasteiger partial charge in [0.15, 0.2) is 0 Å². The summed E-state index contributed by atoms with van der Waals surface area (Å²) >= 11 is 0. The average molecular weight is 466 g/mol. The molecule has 0 bridgehead atoms. The smallest absolute Gasteiger partial charge is 0.246 e. The van der Waals surface area contributed by atoms with Gasteiger partial charge in [0.25, 0.3) is 0 Å². The third-order valence-corrected chi connectivity index (χ3v) is 4.62. The number of amides is 6. The number of imide groups is 2. The molecule has 0 saturated heterocycles. The van der Waals surface area contributed by atoms with Crippen LogP contribution < -0.4 is 10.0 Å². The van der Waals surface area contributed by atoms with E-state index in [9.17, 15) is 28.8 Å². The van der Waals surface area contributed by atoms with Crippen molar-refractivity contribution in [2.75, 3.05) is 10.0 Å². The Kier molecular flexibility index (Phi) is 8.77. The third-order valence-electron chi connectivity index (χ3n) is 4.62. The molecule has 0 aromatic heterocycles. The van der Waals surface area contributed by atoms with Crippen molar-refractivity contribution in [1.82, 2.24) is 10.0 Å². The lowest BCUT2D eigenvalue weighted by molar-refractivity contribution is -0.148. The maximum atomic E-state index is 13.2. The van der Waals surface area contributed by atoms with Gasteiger partial charge in [-0.25, -0.2) is 10.0 Å². The molecule has 178 valence electrons. The molecule has 0 N–H and O–H groups in total. The molecule has 0 heterocycles. The lowest BCUT2D eigenvalue weighted by Crippen LogP contribution is -2.53. The van der Waals surface area contributed by atoms with Crippen molar-refractivity contribution < 1.29 is 28.8 Å². The fourth-order valence-electron chi connectivity index (χ4n) is 3.31. The van der Waals surface area contributed by atoms with Crippen LogP contribution in [-0.4, -0.2) is 45.5 Å². The number of carbonyl (C=O) groups is 6. The monoisotopic (exact) mass is 466 g/mol. The Bertz CT molecular complexity index is 972. The summed E-state index contributed by atoms with van der Waals surface area (Å²) < 4.78 is 0. The molecule has 2 aromatic carbocycles. The van der Waals surface area contributed by atoms with Crippen LogP contribution in [-0.2, 0) is 28.8 Å². The van der Waals surface area contributed by atoms with E-state index in [4.69, 9.17) is 0 Å². The zero-order valence-electron chi connectivity index (χ0n) is 19.4. The Labute approximate surface area is 197 Å². The molecular weight excluding hydrogens is 440 g/mol. The van der Waals surface area contributed by atoms with Crippen LogP contribution in [0.5, 0.6) is 0 Å². The number of rotatable bonds is 5. The lowest BCUT2D eigenvalue weighted by Gasteiger charge is -2.33. The minimum Gasteiger partial charge on any atom is -0.273 e. The molecule has 0 unspecified atom stereocenters.